The molecule has 0 saturated heterocycles. The van der Waals surface area contributed by atoms with Gasteiger partial charge in [0.25, 0.3) is 0 Å². The van der Waals surface area contributed by atoms with Crippen molar-refractivity contribution in [1.29, 1.82) is 0 Å². The van der Waals surface area contributed by atoms with Crippen LogP contribution in [0.5, 0.6) is 0 Å². The average molecular weight is 304 g/mol. The number of oxazole rings is 1. The van der Waals surface area contributed by atoms with E-state index < -0.39 is 5.97 Å². The lowest BCUT2D eigenvalue weighted by atomic mass is 10.2. The molecule has 0 amide bonds. The quantitative estimate of drug-likeness (QED) is 0.852. The van der Waals surface area contributed by atoms with Crippen LogP contribution in [0.2, 0.25) is 0 Å². The van der Waals surface area contributed by atoms with E-state index in [0.29, 0.717) is 30.5 Å². The number of rotatable bonds is 7. The highest BCUT2D eigenvalue weighted by Crippen LogP contribution is 2.30. The Morgan fingerprint density at radius 2 is 2.14 bits per heavy atom. The Balaban J connectivity index is 1.71. The number of carbonyl (C=O) groups is 1. The van der Waals surface area contributed by atoms with E-state index in [9.17, 15) is 9.18 Å². The SMILES string of the molecule is O=C(O)c1coc(CN(Cc2ccccc2F)CC2CC2)n1. The summed E-state index contributed by atoms with van der Waals surface area (Å²) < 4.78 is 19.0. The number of hydrogen-bond donors (Lipinski definition) is 1. The number of benzene rings is 1. The van der Waals surface area contributed by atoms with Crippen molar-refractivity contribution in [1.82, 2.24) is 9.88 Å². The van der Waals surface area contributed by atoms with Gasteiger partial charge in [0.15, 0.2) is 5.69 Å². The van der Waals surface area contributed by atoms with Gasteiger partial charge in [0.05, 0.1) is 6.54 Å². The summed E-state index contributed by atoms with van der Waals surface area (Å²) in [5, 5.41) is 8.87. The molecule has 1 aliphatic rings. The smallest absolute Gasteiger partial charge is 0.357 e. The largest absolute Gasteiger partial charge is 0.476 e. The molecular formula is C16H17FN2O3. The van der Waals surface area contributed by atoms with E-state index in [0.717, 1.165) is 12.8 Å². The average Bonchev–Trinajstić information content (AvgIpc) is 3.16. The molecule has 1 aromatic carbocycles. The van der Waals surface area contributed by atoms with E-state index in [1.54, 1.807) is 18.2 Å². The highest BCUT2D eigenvalue weighted by molar-refractivity contribution is 5.84. The van der Waals surface area contributed by atoms with Crippen LogP contribution in [0, 0.1) is 11.7 Å². The summed E-state index contributed by atoms with van der Waals surface area (Å²) in [6, 6.07) is 6.67. The minimum Gasteiger partial charge on any atom is -0.476 e. The van der Waals surface area contributed by atoms with Gasteiger partial charge in [0.2, 0.25) is 5.89 Å². The summed E-state index contributed by atoms with van der Waals surface area (Å²) in [5.41, 5.74) is 0.514. The molecule has 2 aromatic rings. The number of carboxylic acid groups (broad SMARTS) is 1. The number of nitrogens with zero attached hydrogens (tertiary/aromatic N) is 2. The van der Waals surface area contributed by atoms with Crippen molar-refractivity contribution in [3.8, 4) is 0 Å². The van der Waals surface area contributed by atoms with Crippen molar-refractivity contribution in [2.45, 2.75) is 25.9 Å². The number of aromatic carboxylic acids is 1. The molecule has 1 heterocycles. The summed E-state index contributed by atoms with van der Waals surface area (Å²) >= 11 is 0. The molecule has 0 aliphatic heterocycles. The number of carboxylic acids is 1. The van der Waals surface area contributed by atoms with Gasteiger partial charge < -0.3 is 9.52 Å². The van der Waals surface area contributed by atoms with Crippen molar-refractivity contribution in [2.24, 2.45) is 5.92 Å². The summed E-state index contributed by atoms with van der Waals surface area (Å²) in [7, 11) is 0. The fourth-order valence-corrected chi connectivity index (χ4v) is 2.39. The van der Waals surface area contributed by atoms with E-state index in [1.165, 1.54) is 18.9 Å². The van der Waals surface area contributed by atoms with Crippen LogP contribution < -0.4 is 0 Å². The van der Waals surface area contributed by atoms with Gasteiger partial charge in [-0.2, -0.15) is 0 Å². The minimum atomic E-state index is -1.11. The molecule has 0 radical (unpaired) electrons. The van der Waals surface area contributed by atoms with Crippen molar-refractivity contribution in [3.63, 3.8) is 0 Å². The zero-order chi connectivity index (χ0) is 15.5. The van der Waals surface area contributed by atoms with Gasteiger partial charge in [-0.15, -0.1) is 0 Å². The molecule has 0 bridgehead atoms. The maximum Gasteiger partial charge on any atom is 0.357 e. The molecule has 1 saturated carbocycles. The second kappa shape index (κ2) is 6.27. The number of halogens is 1. The lowest BCUT2D eigenvalue weighted by molar-refractivity contribution is 0.0690. The molecule has 0 unspecified atom stereocenters. The molecular weight excluding hydrogens is 287 g/mol. The van der Waals surface area contributed by atoms with Gasteiger partial charge in [-0.25, -0.2) is 14.2 Å². The van der Waals surface area contributed by atoms with Crippen LogP contribution in [-0.4, -0.2) is 27.5 Å². The van der Waals surface area contributed by atoms with Crippen LogP contribution >= 0.6 is 0 Å². The summed E-state index contributed by atoms with van der Waals surface area (Å²) in [6.45, 7) is 1.66. The zero-order valence-corrected chi connectivity index (χ0v) is 12.0. The fourth-order valence-electron chi connectivity index (χ4n) is 2.39. The van der Waals surface area contributed by atoms with E-state index in [2.05, 4.69) is 4.98 Å². The van der Waals surface area contributed by atoms with Crippen molar-refractivity contribution < 1.29 is 18.7 Å². The zero-order valence-electron chi connectivity index (χ0n) is 12.0. The Morgan fingerprint density at radius 1 is 1.36 bits per heavy atom. The van der Waals surface area contributed by atoms with E-state index in [4.69, 9.17) is 9.52 Å². The van der Waals surface area contributed by atoms with Crippen LogP contribution in [-0.2, 0) is 13.1 Å². The lowest BCUT2D eigenvalue weighted by Crippen LogP contribution is -2.26. The van der Waals surface area contributed by atoms with E-state index in [1.807, 2.05) is 4.90 Å². The lowest BCUT2D eigenvalue weighted by Gasteiger charge is -2.20. The summed E-state index contributed by atoms with van der Waals surface area (Å²) in [4.78, 5) is 16.8. The predicted molar refractivity (Wildman–Crippen MR) is 76.7 cm³/mol. The minimum absolute atomic E-state index is 0.104. The highest BCUT2D eigenvalue weighted by Gasteiger charge is 2.26. The van der Waals surface area contributed by atoms with Crippen LogP contribution in [0.3, 0.4) is 0 Å². The van der Waals surface area contributed by atoms with Crippen molar-refractivity contribution >= 4 is 5.97 Å². The Morgan fingerprint density at radius 3 is 2.77 bits per heavy atom. The first kappa shape index (κ1) is 14.7. The van der Waals surface area contributed by atoms with Crippen LogP contribution in [0.15, 0.2) is 34.9 Å². The van der Waals surface area contributed by atoms with Gasteiger partial charge in [0, 0.05) is 18.7 Å². The summed E-state index contributed by atoms with van der Waals surface area (Å²) in [6.07, 6.45) is 3.50. The normalized spacial score (nSPS) is 14.5. The van der Waals surface area contributed by atoms with E-state index in [-0.39, 0.29) is 11.5 Å². The third-order valence-corrected chi connectivity index (χ3v) is 3.69. The van der Waals surface area contributed by atoms with Gasteiger partial charge in [-0.3, -0.25) is 4.90 Å². The third-order valence-electron chi connectivity index (χ3n) is 3.69. The molecule has 6 heteroatoms. The molecule has 3 rings (SSSR count). The Labute approximate surface area is 127 Å². The second-order valence-electron chi connectivity index (χ2n) is 5.64. The second-order valence-corrected chi connectivity index (χ2v) is 5.64. The van der Waals surface area contributed by atoms with E-state index >= 15 is 0 Å². The van der Waals surface area contributed by atoms with Crippen LogP contribution in [0.4, 0.5) is 4.39 Å². The van der Waals surface area contributed by atoms with Crippen LogP contribution in [0.25, 0.3) is 0 Å². The van der Waals surface area contributed by atoms with Crippen molar-refractivity contribution in [3.05, 3.63) is 53.5 Å². The molecule has 1 fully saturated rings. The van der Waals surface area contributed by atoms with Gasteiger partial charge in [0.1, 0.15) is 12.1 Å². The molecule has 1 N–H and O–H groups in total. The topological polar surface area (TPSA) is 66.6 Å². The van der Waals surface area contributed by atoms with Crippen LogP contribution in [0.1, 0.15) is 34.8 Å². The van der Waals surface area contributed by atoms with Gasteiger partial charge in [-0.05, 0) is 24.8 Å². The molecule has 22 heavy (non-hydrogen) atoms. The Bertz CT molecular complexity index is 667. The number of hydrogen-bond acceptors (Lipinski definition) is 4. The predicted octanol–water partition coefficient (Wildman–Crippen LogP) is 2.92. The monoisotopic (exact) mass is 304 g/mol. The highest BCUT2D eigenvalue weighted by atomic mass is 19.1. The molecule has 5 nitrogen and oxygen atoms in total. The third kappa shape index (κ3) is 3.71. The molecule has 116 valence electrons. The van der Waals surface area contributed by atoms with Gasteiger partial charge in [-0.1, -0.05) is 18.2 Å². The molecule has 1 aromatic heterocycles. The first-order valence-electron chi connectivity index (χ1n) is 7.25. The maximum atomic E-state index is 13.8. The molecule has 1 aliphatic carbocycles. The standard InChI is InChI=1S/C16H17FN2O3/c17-13-4-2-1-3-12(13)8-19(7-11-5-6-11)9-15-18-14(10-22-15)16(20)21/h1-4,10-11H,5-9H2,(H,20,21). The Kier molecular flexibility index (Phi) is 4.20. The van der Waals surface area contributed by atoms with Crippen molar-refractivity contribution in [2.75, 3.05) is 6.54 Å². The fraction of sp³-hybridized carbons (Fsp3) is 0.375. The molecule has 0 atom stereocenters. The first-order valence-corrected chi connectivity index (χ1v) is 7.25. The van der Waals surface area contributed by atoms with Gasteiger partial charge >= 0.3 is 5.97 Å². The molecule has 0 spiro atoms. The first-order chi connectivity index (χ1) is 10.6. The Hall–Kier alpha value is -2.21. The maximum absolute atomic E-state index is 13.8. The summed E-state index contributed by atoms with van der Waals surface area (Å²) in [5.74, 6) is -0.380. The number of aromatic nitrogens is 1.